The molecule has 0 bridgehead atoms. The minimum Gasteiger partial charge on any atom is -0.323 e. The molecule has 1 atom stereocenters. The molecular weight excluding hydrogens is 286 g/mol. The van der Waals surface area contributed by atoms with E-state index in [0.717, 1.165) is 5.56 Å². The van der Waals surface area contributed by atoms with Gasteiger partial charge in [0, 0.05) is 6.04 Å². The average molecular weight is 305 g/mol. The largest absolute Gasteiger partial charge is 0.323 e. The number of nitrogens with one attached hydrogen (secondary N) is 2. The van der Waals surface area contributed by atoms with Crippen LogP contribution >= 0.6 is 0 Å². The Morgan fingerprint density at radius 2 is 1.67 bits per heavy atom. The molecule has 5 nitrogen and oxygen atoms in total. The molecule has 112 valence electrons. The lowest BCUT2D eigenvalue weighted by Gasteiger charge is -2.18. The monoisotopic (exact) mass is 305 g/mol. The third-order valence-corrected chi connectivity index (χ3v) is 4.77. The summed E-state index contributed by atoms with van der Waals surface area (Å²) in [4.78, 5) is 0.141. The van der Waals surface area contributed by atoms with Gasteiger partial charge in [-0.3, -0.25) is 5.84 Å². The number of nitrogen functional groups attached to an aromatic ring is 1. The van der Waals surface area contributed by atoms with Gasteiger partial charge in [-0.25, -0.2) is 13.1 Å². The quantitative estimate of drug-likeness (QED) is 0.565. The first-order chi connectivity index (χ1) is 10.1. The highest BCUT2D eigenvalue weighted by molar-refractivity contribution is 7.89. The van der Waals surface area contributed by atoms with E-state index in [2.05, 4.69) is 10.1 Å². The first-order valence-corrected chi connectivity index (χ1v) is 8.19. The SMILES string of the molecule is CCC(NS(=O)(=O)c1ccccc1NN)c1ccccc1. The second-order valence-corrected chi connectivity index (χ2v) is 6.32. The lowest BCUT2D eigenvalue weighted by Crippen LogP contribution is -2.29. The normalized spacial score (nSPS) is 12.9. The topological polar surface area (TPSA) is 84.2 Å². The van der Waals surface area contributed by atoms with E-state index in [4.69, 9.17) is 5.84 Å². The molecule has 0 saturated heterocycles. The van der Waals surface area contributed by atoms with Gasteiger partial charge >= 0.3 is 0 Å². The second-order valence-electron chi connectivity index (χ2n) is 4.63. The summed E-state index contributed by atoms with van der Waals surface area (Å²) in [6, 6.07) is 15.8. The Labute approximate surface area is 125 Å². The maximum Gasteiger partial charge on any atom is 0.243 e. The zero-order valence-corrected chi connectivity index (χ0v) is 12.6. The van der Waals surface area contributed by atoms with Crippen LogP contribution in [0.25, 0.3) is 0 Å². The van der Waals surface area contributed by atoms with Crippen LogP contribution < -0.4 is 16.0 Å². The number of hydrogen-bond donors (Lipinski definition) is 3. The van der Waals surface area contributed by atoms with Gasteiger partial charge in [0.1, 0.15) is 4.90 Å². The first kappa shape index (κ1) is 15.5. The van der Waals surface area contributed by atoms with Crippen LogP contribution in [0.4, 0.5) is 5.69 Å². The van der Waals surface area contributed by atoms with Crippen molar-refractivity contribution in [1.29, 1.82) is 0 Å². The molecule has 0 aliphatic rings. The standard InChI is InChI=1S/C15H19N3O2S/c1-2-13(12-8-4-3-5-9-12)18-21(19,20)15-11-7-6-10-14(15)17-16/h3-11,13,17-18H,2,16H2,1H3. The van der Waals surface area contributed by atoms with E-state index in [1.54, 1.807) is 18.2 Å². The van der Waals surface area contributed by atoms with Crippen molar-refractivity contribution in [3.8, 4) is 0 Å². The number of nitrogens with two attached hydrogens (primary N) is 1. The number of anilines is 1. The van der Waals surface area contributed by atoms with E-state index in [-0.39, 0.29) is 10.9 Å². The zero-order chi connectivity index (χ0) is 15.3. The van der Waals surface area contributed by atoms with Gasteiger partial charge in [-0.2, -0.15) is 0 Å². The van der Waals surface area contributed by atoms with E-state index < -0.39 is 10.0 Å². The molecule has 2 rings (SSSR count). The Morgan fingerprint density at radius 3 is 2.29 bits per heavy atom. The van der Waals surface area contributed by atoms with Gasteiger partial charge in [0.15, 0.2) is 0 Å². The summed E-state index contributed by atoms with van der Waals surface area (Å²) >= 11 is 0. The summed E-state index contributed by atoms with van der Waals surface area (Å²) in [7, 11) is -3.66. The van der Waals surface area contributed by atoms with Gasteiger partial charge < -0.3 is 5.43 Å². The van der Waals surface area contributed by atoms with Crippen LogP contribution in [0, 0.1) is 0 Å². The Kier molecular flexibility index (Phi) is 4.95. The summed E-state index contributed by atoms with van der Waals surface area (Å²) in [5.41, 5.74) is 3.71. The van der Waals surface area contributed by atoms with Gasteiger partial charge in [-0.15, -0.1) is 0 Å². The predicted octanol–water partition coefficient (Wildman–Crippen LogP) is 2.40. The number of hydrogen-bond acceptors (Lipinski definition) is 4. The molecule has 0 aliphatic heterocycles. The number of para-hydroxylation sites is 1. The van der Waals surface area contributed by atoms with Gasteiger partial charge in [-0.05, 0) is 24.1 Å². The fourth-order valence-corrected chi connectivity index (χ4v) is 3.62. The van der Waals surface area contributed by atoms with Crippen molar-refractivity contribution < 1.29 is 8.42 Å². The highest BCUT2D eigenvalue weighted by Gasteiger charge is 2.22. The van der Waals surface area contributed by atoms with Crippen LogP contribution in [0.2, 0.25) is 0 Å². The Morgan fingerprint density at radius 1 is 1.05 bits per heavy atom. The number of sulfonamides is 1. The summed E-state index contributed by atoms with van der Waals surface area (Å²) in [6.45, 7) is 1.94. The lowest BCUT2D eigenvalue weighted by atomic mass is 10.1. The highest BCUT2D eigenvalue weighted by atomic mass is 32.2. The van der Waals surface area contributed by atoms with Gasteiger partial charge in [0.05, 0.1) is 5.69 Å². The highest BCUT2D eigenvalue weighted by Crippen LogP contribution is 2.24. The van der Waals surface area contributed by atoms with Crippen LogP contribution in [0.3, 0.4) is 0 Å². The molecule has 0 amide bonds. The van der Waals surface area contributed by atoms with Crippen molar-refractivity contribution in [2.75, 3.05) is 5.43 Å². The lowest BCUT2D eigenvalue weighted by molar-refractivity contribution is 0.550. The smallest absolute Gasteiger partial charge is 0.243 e. The maximum atomic E-state index is 12.5. The molecule has 21 heavy (non-hydrogen) atoms. The predicted molar refractivity (Wildman–Crippen MR) is 84.0 cm³/mol. The maximum absolute atomic E-state index is 12.5. The average Bonchev–Trinajstić information content (AvgIpc) is 2.53. The molecule has 0 aliphatic carbocycles. The van der Waals surface area contributed by atoms with Crippen LogP contribution in [-0.2, 0) is 10.0 Å². The molecule has 6 heteroatoms. The molecular formula is C15H19N3O2S. The molecule has 2 aromatic rings. The molecule has 0 radical (unpaired) electrons. The fourth-order valence-electron chi connectivity index (χ4n) is 2.14. The summed E-state index contributed by atoms with van der Waals surface area (Å²) < 4.78 is 27.8. The number of rotatable bonds is 6. The third kappa shape index (κ3) is 3.60. The molecule has 4 N–H and O–H groups in total. The van der Waals surface area contributed by atoms with Gasteiger partial charge in [0.2, 0.25) is 10.0 Å². The van der Waals surface area contributed by atoms with E-state index >= 15 is 0 Å². The molecule has 0 saturated carbocycles. The number of benzene rings is 2. The van der Waals surface area contributed by atoms with E-state index in [9.17, 15) is 8.42 Å². The van der Waals surface area contributed by atoms with Crippen molar-refractivity contribution in [3.05, 3.63) is 60.2 Å². The third-order valence-electron chi connectivity index (χ3n) is 3.24. The number of hydrazine groups is 1. The van der Waals surface area contributed by atoms with E-state index in [1.165, 1.54) is 6.07 Å². The van der Waals surface area contributed by atoms with Gasteiger partial charge in [0.25, 0.3) is 0 Å². The van der Waals surface area contributed by atoms with Crippen molar-refractivity contribution >= 4 is 15.7 Å². The van der Waals surface area contributed by atoms with Crippen molar-refractivity contribution in [2.45, 2.75) is 24.3 Å². The van der Waals surface area contributed by atoms with Gasteiger partial charge in [-0.1, -0.05) is 49.4 Å². The molecule has 1 unspecified atom stereocenters. The van der Waals surface area contributed by atoms with E-state index in [0.29, 0.717) is 12.1 Å². The van der Waals surface area contributed by atoms with Crippen LogP contribution in [0.15, 0.2) is 59.5 Å². The van der Waals surface area contributed by atoms with Crippen molar-refractivity contribution in [1.82, 2.24) is 4.72 Å². The zero-order valence-electron chi connectivity index (χ0n) is 11.8. The molecule has 0 fully saturated rings. The van der Waals surface area contributed by atoms with Crippen LogP contribution in [-0.4, -0.2) is 8.42 Å². The van der Waals surface area contributed by atoms with Crippen LogP contribution in [0.5, 0.6) is 0 Å². The minimum absolute atomic E-state index is 0.141. The summed E-state index contributed by atoms with van der Waals surface area (Å²) in [5, 5.41) is 0. The van der Waals surface area contributed by atoms with Crippen molar-refractivity contribution in [2.24, 2.45) is 5.84 Å². The first-order valence-electron chi connectivity index (χ1n) is 6.71. The molecule has 0 aromatic heterocycles. The second kappa shape index (κ2) is 6.71. The molecule has 2 aromatic carbocycles. The fraction of sp³-hybridized carbons (Fsp3) is 0.200. The Hall–Kier alpha value is -1.89. The minimum atomic E-state index is -3.66. The Bertz CT molecular complexity index is 687. The summed E-state index contributed by atoms with van der Waals surface area (Å²) in [6.07, 6.45) is 0.654. The Balaban J connectivity index is 2.32. The summed E-state index contributed by atoms with van der Waals surface area (Å²) in [5.74, 6) is 5.38. The molecule has 0 heterocycles. The van der Waals surface area contributed by atoms with Crippen molar-refractivity contribution in [3.63, 3.8) is 0 Å². The van der Waals surface area contributed by atoms with E-state index in [1.807, 2.05) is 37.3 Å². The van der Waals surface area contributed by atoms with Crippen LogP contribution in [0.1, 0.15) is 24.9 Å². The molecule has 0 spiro atoms.